The highest BCUT2D eigenvalue weighted by Gasteiger charge is 2.58. The number of fused-ring (bicyclic) bond motifs is 5. The molecule has 8 heteroatoms. The largest absolute Gasteiger partial charge is 0.355 e. The number of hydrogen-bond donors (Lipinski definition) is 2. The molecule has 2 heterocycles. The standard InChI is InChI=1S/C24H27N5O2S/c1-14-18(32-21(28-14)15-6-4-3-5-7-15)13-27-24(25-2)26-10-11-29-22(30)19-16-8-9-17(12-16)20(19)23(29)31/h3-9,16-17,19-20H,10-13H2,1-2H3,(H2,25,26,27). The number of carbonyl (C=O) groups excluding carboxylic acids is 2. The first-order valence-electron chi connectivity index (χ1n) is 11.1. The van der Waals surface area contributed by atoms with Crippen molar-refractivity contribution in [2.45, 2.75) is 19.9 Å². The van der Waals surface area contributed by atoms with Gasteiger partial charge in [-0.05, 0) is 25.2 Å². The number of benzene rings is 1. The van der Waals surface area contributed by atoms with Crippen LogP contribution in [0.1, 0.15) is 17.0 Å². The van der Waals surface area contributed by atoms with Crippen molar-refractivity contribution >= 4 is 29.1 Å². The van der Waals surface area contributed by atoms with Crippen LogP contribution in [0.2, 0.25) is 0 Å². The predicted octanol–water partition coefficient (Wildman–Crippen LogP) is 2.59. The minimum absolute atomic E-state index is 0.00433. The van der Waals surface area contributed by atoms with Crippen molar-refractivity contribution in [1.29, 1.82) is 0 Å². The van der Waals surface area contributed by atoms with Crippen molar-refractivity contribution in [3.05, 3.63) is 53.1 Å². The molecule has 2 fully saturated rings. The molecule has 0 spiro atoms. The van der Waals surface area contributed by atoms with E-state index in [9.17, 15) is 9.59 Å². The second-order valence-electron chi connectivity index (χ2n) is 8.57. The van der Waals surface area contributed by atoms with Crippen LogP contribution in [0, 0.1) is 30.6 Å². The number of rotatable bonds is 6. The van der Waals surface area contributed by atoms with E-state index in [1.807, 2.05) is 25.1 Å². The fourth-order valence-electron chi connectivity index (χ4n) is 5.15. The molecule has 1 saturated carbocycles. The van der Waals surface area contributed by atoms with Gasteiger partial charge in [-0.1, -0.05) is 42.5 Å². The Morgan fingerprint density at radius 3 is 2.47 bits per heavy atom. The van der Waals surface area contributed by atoms with E-state index < -0.39 is 0 Å². The number of aromatic nitrogens is 1. The molecule has 2 amide bonds. The molecule has 5 rings (SSSR count). The topological polar surface area (TPSA) is 86.7 Å². The number of nitrogens with zero attached hydrogens (tertiary/aromatic N) is 3. The van der Waals surface area contributed by atoms with E-state index in [2.05, 4.69) is 39.9 Å². The van der Waals surface area contributed by atoms with Crippen molar-refractivity contribution in [2.75, 3.05) is 20.1 Å². The number of aryl methyl sites for hydroxylation is 1. The molecule has 2 bridgehead atoms. The lowest BCUT2D eigenvalue weighted by Crippen LogP contribution is -2.43. The molecule has 2 aliphatic carbocycles. The lowest BCUT2D eigenvalue weighted by atomic mass is 9.85. The van der Waals surface area contributed by atoms with E-state index in [1.54, 1.807) is 18.4 Å². The van der Waals surface area contributed by atoms with Gasteiger partial charge in [0.1, 0.15) is 5.01 Å². The number of guanidine groups is 1. The van der Waals surface area contributed by atoms with E-state index in [1.165, 1.54) is 4.90 Å². The summed E-state index contributed by atoms with van der Waals surface area (Å²) in [6, 6.07) is 10.2. The van der Waals surface area contributed by atoms with Gasteiger partial charge in [0.2, 0.25) is 11.8 Å². The number of thiazole rings is 1. The molecule has 1 aromatic carbocycles. The van der Waals surface area contributed by atoms with Gasteiger partial charge in [0, 0.05) is 30.6 Å². The van der Waals surface area contributed by atoms with Gasteiger partial charge in [-0.25, -0.2) is 4.98 Å². The molecule has 4 atom stereocenters. The van der Waals surface area contributed by atoms with Gasteiger partial charge in [0.15, 0.2) is 5.96 Å². The average molecular weight is 450 g/mol. The van der Waals surface area contributed by atoms with Crippen LogP contribution < -0.4 is 10.6 Å². The first-order chi connectivity index (χ1) is 15.6. The van der Waals surface area contributed by atoms with E-state index in [0.29, 0.717) is 25.6 Å². The second-order valence-corrected chi connectivity index (χ2v) is 9.66. The zero-order chi connectivity index (χ0) is 22.2. The number of carbonyl (C=O) groups is 2. The zero-order valence-electron chi connectivity index (χ0n) is 18.2. The summed E-state index contributed by atoms with van der Waals surface area (Å²) in [6.07, 6.45) is 5.20. The van der Waals surface area contributed by atoms with Crippen LogP contribution in [0.25, 0.3) is 10.6 Å². The van der Waals surface area contributed by atoms with Crippen molar-refractivity contribution in [3.63, 3.8) is 0 Å². The maximum atomic E-state index is 12.8. The minimum Gasteiger partial charge on any atom is -0.355 e. The van der Waals surface area contributed by atoms with Crippen LogP contribution in [0.5, 0.6) is 0 Å². The first kappa shape index (κ1) is 20.9. The van der Waals surface area contributed by atoms with Gasteiger partial charge in [0.25, 0.3) is 0 Å². The molecule has 0 radical (unpaired) electrons. The number of nitrogens with one attached hydrogen (secondary N) is 2. The third-order valence-corrected chi connectivity index (χ3v) is 7.95. The molecule has 7 nitrogen and oxygen atoms in total. The number of likely N-dealkylation sites (tertiary alicyclic amines) is 1. The Balaban J connectivity index is 1.14. The normalized spacial score (nSPS) is 26.2. The highest BCUT2D eigenvalue weighted by atomic mass is 32.1. The molecule has 2 aromatic rings. The summed E-state index contributed by atoms with van der Waals surface area (Å²) in [5.74, 6) is 0.853. The smallest absolute Gasteiger partial charge is 0.233 e. The quantitative estimate of drug-likeness (QED) is 0.306. The Labute approximate surface area is 191 Å². The Morgan fingerprint density at radius 2 is 1.81 bits per heavy atom. The van der Waals surface area contributed by atoms with Crippen molar-refractivity contribution in [3.8, 4) is 10.6 Å². The maximum Gasteiger partial charge on any atom is 0.233 e. The van der Waals surface area contributed by atoms with Crippen LogP contribution >= 0.6 is 11.3 Å². The minimum atomic E-state index is -0.136. The number of amides is 2. The Bertz CT molecular complexity index is 1060. The molecule has 1 aromatic heterocycles. The Morgan fingerprint density at radius 1 is 1.12 bits per heavy atom. The SMILES string of the molecule is CN=C(NCCN1C(=O)C2C3C=CC(C3)C2C1=O)NCc1sc(-c2ccccc2)nc1C. The molecular formula is C24H27N5O2S. The molecule has 1 saturated heterocycles. The predicted molar refractivity (Wildman–Crippen MR) is 125 cm³/mol. The monoisotopic (exact) mass is 449 g/mol. The van der Waals surface area contributed by atoms with E-state index in [4.69, 9.17) is 4.98 Å². The third-order valence-electron chi connectivity index (χ3n) is 6.74. The lowest BCUT2D eigenvalue weighted by molar-refractivity contribution is -0.140. The number of aliphatic imine (C=N–C) groups is 1. The highest BCUT2D eigenvalue weighted by molar-refractivity contribution is 7.15. The number of imide groups is 1. The fourth-order valence-corrected chi connectivity index (χ4v) is 6.16. The zero-order valence-corrected chi connectivity index (χ0v) is 19.1. The van der Waals surface area contributed by atoms with Gasteiger partial charge in [0.05, 0.1) is 24.1 Å². The number of hydrogen-bond acceptors (Lipinski definition) is 5. The van der Waals surface area contributed by atoms with Crippen LogP contribution in [0.3, 0.4) is 0 Å². The summed E-state index contributed by atoms with van der Waals surface area (Å²) < 4.78 is 0. The van der Waals surface area contributed by atoms with E-state index in [-0.39, 0.29) is 35.5 Å². The molecule has 3 aliphatic rings. The van der Waals surface area contributed by atoms with Crippen molar-refractivity contribution in [1.82, 2.24) is 20.5 Å². The van der Waals surface area contributed by atoms with Crippen LogP contribution in [-0.2, 0) is 16.1 Å². The van der Waals surface area contributed by atoms with Crippen molar-refractivity contribution in [2.24, 2.45) is 28.7 Å². The summed E-state index contributed by atoms with van der Waals surface area (Å²) in [5.41, 5.74) is 2.11. The average Bonchev–Trinajstić information content (AvgIpc) is 3.57. The summed E-state index contributed by atoms with van der Waals surface area (Å²) in [6.45, 7) is 3.45. The van der Waals surface area contributed by atoms with Gasteiger partial charge >= 0.3 is 0 Å². The van der Waals surface area contributed by atoms with Gasteiger partial charge < -0.3 is 10.6 Å². The Kier molecular flexibility index (Phi) is 5.55. The van der Waals surface area contributed by atoms with Crippen LogP contribution in [-0.4, -0.2) is 47.8 Å². The maximum absolute atomic E-state index is 12.8. The lowest BCUT2D eigenvalue weighted by Gasteiger charge is -2.18. The van der Waals surface area contributed by atoms with Crippen molar-refractivity contribution < 1.29 is 9.59 Å². The fraction of sp³-hybridized carbons (Fsp3) is 0.417. The first-order valence-corrected chi connectivity index (χ1v) is 11.9. The summed E-state index contributed by atoms with van der Waals surface area (Å²) in [7, 11) is 1.71. The summed E-state index contributed by atoms with van der Waals surface area (Å²) >= 11 is 1.67. The molecule has 2 N–H and O–H groups in total. The summed E-state index contributed by atoms with van der Waals surface area (Å²) in [4.78, 5) is 37.1. The molecule has 32 heavy (non-hydrogen) atoms. The van der Waals surface area contributed by atoms with Crippen LogP contribution in [0.4, 0.5) is 0 Å². The molecular weight excluding hydrogens is 422 g/mol. The van der Waals surface area contributed by atoms with Gasteiger partial charge in [-0.2, -0.15) is 0 Å². The van der Waals surface area contributed by atoms with E-state index in [0.717, 1.165) is 27.6 Å². The van der Waals surface area contributed by atoms with Gasteiger partial charge in [-0.15, -0.1) is 11.3 Å². The number of allylic oxidation sites excluding steroid dienone is 2. The molecule has 4 unspecified atom stereocenters. The van der Waals surface area contributed by atoms with E-state index >= 15 is 0 Å². The van der Waals surface area contributed by atoms with Gasteiger partial charge in [-0.3, -0.25) is 19.5 Å². The molecule has 166 valence electrons. The van der Waals surface area contributed by atoms with Crippen LogP contribution in [0.15, 0.2) is 47.5 Å². The Hall–Kier alpha value is -3.00. The molecule has 1 aliphatic heterocycles. The summed E-state index contributed by atoms with van der Waals surface area (Å²) in [5, 5.41) is 7.55. The third kappa shape index (κ3) is 3.62. The highest BCUT2D eigenvalue weighted by Crippen LogP contribution is 2.52. The second kappa shape index (κ2) is 8.50.